The molecular weight excluding hydrogens is 256 g/mol. The van der Waals surface area contributed by atoms with Crippen molar-refractivity contribution in [3.05, 3.63) is 23.8 Å². The Hall–Kier alpha value is -0.700. The zero-order chi connectivity index (χ0) is 11.5. The fourth-order valence-corrected chi connectivity index (χ4v) is 1.80. The third-order valence-electron chi connectivity index (χ3n) is 2.07. The maximum Gasteiger partial charge on any atom is 0.160 e. The molecule has 0 aliphatic rings. The van der Waals surface area contributed by atoms with Gasteiger partial charge in [0.1, 0.15) is 0 Å². The Kier molecular flexibility index (Phi) is 4.03. The van der Waals surface area contributed by atoms with E-state index in [0.29, 0.717) is 0 Å². The molecule has 1 aromatic rings. The van der Waals surface area contributed by atoms with E-state index >= 15 is 0 Å². The quantitative estimate of drug-likeness (QED) is 0.782. The Morgan fingerprint density at radius 1 is 1.13 bits per heavy atom. The molecule has 0 N–H and O–H groups in total. The molecule has 2 nitrogen and oxygen atoms in total. The number of ether oxygens (including phenoxy) is 2. The fourth-order valence-electron chi connectivity index (χ4n) is 1.48. The molecule has 0 amide bonds. The van der Waals surface area contributed by atoms with Crippen molar-refractivity contribution < 1.29 is 9.47 Å². The Morgan fingerprint density at radius 2 is 1.73 bits per heavy atom. The molecule has 3 heteroatoms. The highest BCUT2D eigenvalue weighted by Gasteiger charge is 2.14. The molecular formula is C12H17BrO2. The van der Waals surface area contributed by atoms with Crippen molar-refractivity contribution in [1.82, 2.24) is 0 Å². The highest BCUT2D eigenvalue weighted by atomic mass is 79.9. The van der Waals surface area contributed by atoms with Gasteiger partial charge in [-0.1, -0.05) is 22.0 Å². The zero-order valence-electron chi connectivity index (χ0n) is 9.63. The summed E-state index contributed by atoms with van der Waals surface area (Å²) in [6.45, 7) is 4.29. The molecule has 0 bridgehead atoms. The van der Waals surface area contributed by atoms with Gasteiger partial charge in [0.25, 0.3) is 0 Å². The van der Waals surface area contributed by atoms with E-state index in [9.17, 15) is 0 Å². The van der Waals surface area contributed by atoms with Gasteiger partial charge in [-0.25, -0.2) is 0 Å². The van der Waals surface area contributed by atoms with Gasteiger partial charge in [-0.3, -0.25) is 0 Å². The van der Waals surface area contributed by atoms with E-state index in [4.69, 9.17) is 9.47 Å². The van der Waals surface area contributed by atoms with E-state index in [1.54, 1.807) is 14.2 Å². The summed E-state index contributed by atoms with van der Waals surface area (Å²) in [6.07, 6.45) is 0.952. The summed E-state index contributed by atoms with van der Waals surface area (Å²) in [5.41, 5.74) is 1.23. The fraction of sp³-hybridized carbons (Fsp3) is 0.500. The van der Waals surface area contributed by atoms with E-state index < -0.39 is 0 Å². The van der Waals surface area contributed by atoms with Crippen molar-refractivity contribution in [3.8, 4) is 11.5 Å². The SMILES string of the molecule is COc1ccc(CC(C)(C)Br)cc1OC. The van der Waals surface area contributed by atoms with Gasteiger partial charge < -0.3 is 9.47 Å². The predicted octanol–water partition coefficient (Wildman–Crippen LogP) is 3.42. The molecule has 1 aromatic carbocycles. The molecule has 0 aromatic heterocycles. The first-order valence-electron chi connectivity index (χ1n) is 4.86. The zero-order valence-corrected chi connectivity index (χ0v) is 11.2. The van der Waals surface area contributed by atoms with E-state index in [2.05, 4.69) is 35.8 Å². The molecule has 0 spiro atoms. The van der Waals surface area contributed by atoms with Crippen LogP contribution < -0.4 is 9.47 Å². The van der Waals surface area contributed by atoms with Gasteiger partial charge >= 0.3 is 0 Å². The molecule has 0 aliphatic heterocycles. The second kappa shape index (κ2) is 4.88. The summed E-state index contributed by atoms with van der Waals surface area (Å²) in [5, 5.41) is 0. The number of hydrogen-bond donors (Lipinski definition) is 0. The molecule has 0 atom stereocenters. The average Bonchev–Trinajstić information content (AvgIpc) is 2.15. The van der Waals surface area contributed by atoms with Gasteiger partial charge in [0.2, 0.25) is 0 Å². The van der Waals surface area contributed by atoms with E-state index in [-0.39, 0.29) is 4.32 Å². The predicted molar refractivity (Wildman–Crippen MR) is 66.3 cm³/mol. The van der Waals surface area contributed by atoms with Crippen LogP contribution in [0.25, 0.3) is 0 Å². The molecule has 15 heavy (non-hydrogen) atoms. The van der Waals surface area contributed by atoms with Gasteiger partial charge in [0.05, 0.1) is 14.2 Å². The largest absolute Gasteiger partial charge is 0.493 e. The van der Waals surface area contributed by atoms with Crippen molar-refractivity contribution in [1.29, 1.82) is 0 Å². The summed E-state index contributed by atoms with van der Waals surface area (Å²) < 4.78 is 10.5. The lowest BCUT2D eigenvalue weighted by Crippen LogP contribution is -2.13. The Bertz CT molecular complexity index is 329. The van der Waals surface area contributed by atoms with E-state index in [1.165, 1.54) is 5.56 Å². The first-order chi connectivity index (χ1) is 6.96. The van der Waals surface area contributed by atoms with Gasteiger partial charge in [-0.05, 0) is 38.0 Å². The third-order valence-corrected chi connectivity index (χ3v) is 2.35. The maximum absolute atomic E-state index is 5.25. The van der Waals surface area contributed by atoms with Crippen LogP contribution in [0.1, 0.15) is 19.4 Å². The van der Waals surface area contributed by atoms with Crippen LogP contribution in [0.15, 0.2) is 18.2 Å². The molecule has 0 heterocycles. The van der Waals surface area contributed by atoms with Gasteiger partial charge in [-0.15, -0.1) is 0 Å². The molecule has 0 aliphatic carbocycles. The summed E-state index contributed by atoms with van der Waals surface area (Å²) in [6, 6.07) is 6.01. The number of alkyl halides is 1. The molecule has 0 saturated heterocycles. The monoisotopic (exact) mass is 272 g/mol. The normalized spacial score (nSPS) is 11.3. The minimum Gasteiger partial charge on any atom is -0.493 e. The van der Waals surface area contributed by atoms with Crippen LogP contribution in [-0.2, 0) is 6.42 Å². The van der Waals surface area contributed by atoms with Gasteiger partial charge in [0, 0.05) is 4.32 Å². The van der Waals surface area contributed by atoms with Crippen molar-refractivity contribution >= 4 is 15.9 Å². The van der Waals surface area contributed by atoms with Crippen LogP contribution in [0, 0.1) is 0 Å². The van der Waals surface area contributed by atoms with Gasteiger partial charge in [0.15, 0.2) is 11.5 Å². The van der Waals surface area contributed by atoms with E-state index in [0.717, 1.165) is 17.9 Å². The number of halogens is 1. The number of benzene rings is 1. The second-order valence-corrected chi connectivity index (χ2v) is 6.23. The molecule has 0 saturated carbocycles. The van der Waals surface area contributed by atoms with Crippen LogP contribution in [0.2, 0.25) is 0 Å². The van der Waals surface area contributed by atoms with Crippen molar-refractivity contribution in [2.75, 3.05) is 14.2 Å². The van der Waals surface area contributed by atoms with Crippen LogP contribution in [0.3, 0.4) is 0 Å². The molecule has 0 unspecified atom stereocenters. The lowest BCUT2D eigenvalue weighted by atomic mass is 10.0. The van der Waals surface area contributed by atoms with Gasteiger partial charge in [-0.2, -0.15) is 0 Å². The van der Waals surface area contributed by atoms with E-state index in [1.807, 2.05) is 12.1 Å². The summed E-state index contributed by atoms with van der Waals surface area (Å²) in [7, 11) is 3.30. The number of rotatable bonds is 4. The number of hydrogen-bond acceptors (Lipinski definition) is 2. The first-order valence-corrected chi connectivity index (χ1v) is 5.65. The first kappa shape index (κ1) is 12.4. The lowest BCUT2D eigenvalue weighted by Gasteiger charge is -2.17. The summed E-state index contributed by atoms with van der Waals surface area (Å²) >= 11 is 3.63. The molecule has 84 valence electrons. The van der Waals surface area contributed by atoms with Crippen LogP contribution in [-0.4, -0.2) is 18.5 Å². The number of methoxy groups -OCH3 is 2. The molecule has 1 rings (SSSR count). The summed E-state index contributed by atoms with van der Waals surface area (Å²) in [5.74, 6) is 1.56. The maximum atomic E-state index is 5.25. The Labute approximate surface area is 99.7 Å². The topological polar surface area (TPSA) is 18.5 Å². The van der Waals surface area contributed by atoms with Crippen LogP contribution >= 0.6 is 15.9 Å². The van der Waals surface area contributed by atoms with Crippen molar-refractivity contribution in [2.24, 2.45) is 0 Å². The smallest absolute Gasteiger partial charge is 0.160 e. The third kappa shape index (κ3) is 3.74. The second-order valence-electron chi connectivity index (χ2n) is 4.08. The average molecular weight is 273 g/mol. The van der Waals surface area contributed by atoms with Crippen molar-refractivity contribution in [3.63, 3.8) is 0 Å². The Balaban J connectivity index is 2.93. The van der Waals surface area contributed by atoms with Crippen molar-refractivity contribution in [2.45, 2.75) is 24.6 Å². The molecule has 0 radical (unpaired) electrons. The standard InChI is InChI=1S/C12H17BrO2/c1-12(2,13)8-9-5-6-10(14-3)11(7-9)15-4/h5-7H,8H2,1-4H3. The lowest BCUT2D eigenvalue weighted by molar-refractivity contribution is 0.354. The minimum absolute atomic E-state index is 0.104. The minimum atomic E-state index is 0.104. The molecule has 0 fully saturated rings. The van der Waals surface area contributed by atoms with Crippen LogP contribution in [0.4, 0.5) is 0 Å². The Morgan fingerprint density at radius 3 is 2.20 bits per heavy atom. The highest BCUT2D eigenvalue weighted by Crippen LogP contribution is 2.30. The van der Waals surface area contributed by atoms with Crippen LogP contribution in [0.5, 0.6) is 11.5 Å². The highest BCUT2D eigenvalue weighted by molar-refractivity contribution is 9.10. The summed E-state index contributed by atoms with van der Waals surface area (Å²) in [4.78, 5) is 0.